The van der Waals surface area contributed by atoms with Crippen molar-refractivity contribution < 1.29 is 14.5 Å². The summed E-state index contributed by atoms with van der Waals surface area (Å²) in [7, 11) is 0. The van der Waals surface area contributed by atoms with Gasteiger partial charge in [0.25, 0.3) is 0 Å². The molecular formula is C15H13NO4S. The third-order valence-electron chi connectivity index (χ3n) is 2.67. The number of nitro benzene ring substituents is 1. The third-order valence-corrected chi connectivity index (χ3v) is 3.65. The van der Waals surface area contributed by atoms with E-state index in [-0.39, 0.29) is 11.4 Å². The van der Waals surface area contributed by atoms with E-state index in [9.17, 15) is 14.9 Å². The van der Waals surface area contributed by atoms with Gasteiger partial charge < -0.3 is 4.74 Å². The van der Waals surface area contributed by atoms with E-state index in [4.69, 9.17) is 4.74 Å². The Morgan fingerprint density at radius 1 is 1.19 bits per heavy atom. The number of carbonyl (C=O) groups excluding carboxylic acids is 1. The lowest BCUT2D eigenvalue weighted by Gasteiger charge is -2.07. The van der Waals surface area contributed by atoms with E-state index >= 15 is 0 Å². The number of carbonyl (C=O) groups is 1. The van der Waals surface area contributed by atoms with Crippen LogP contribution in [0.15, 0.2) is 53.4 Å². The maximum Gasteiger partial charge on any atom is 0.310 e. The Kier molecular flexibility index (Phi) is 5.34. The number of benzene rings is 2. The quantitative estimate of drug-likeness (QED) is 0.257. The minimum absolute atomic E-state index is 0.123. The Bertz CT molecular complexity index is 631. The van der Waals surface area contributed by atoms with E-state index in [0.29, 0.717) is 24.2 Å². The van der Waals surface area contributed by atoms with Gasteiger partial charge in [-0.3, -0.25) is 14.9 Å². The Morgan fingerprint density at radius 3 is 2.62 bits per heavy atom. The van der Waals surface area contributed by atoms with Crippen molar-refractivity contribution in [3.05, 3.63) is 64.2 Å². The van der Waals surface area contributed by atoms with Gasteiger partial charge in [0.05, 0.1) is 11.5 Å². The van der Waals surface area contributed by atoms with Gasteiger partial charge in [0.15, 0.2) is 5.75 Å². The molecule has 0 aromatic heterocycles. The molecule has 0 bridgehead atoms. The molecule has 0 saturated carbocycles. The molecule has 0 atom stereocenters. The lowest BCUT2D eigenvalue weighted by molar-refractivity contribution is -0.385. The molecule has 0 spiro atoms. The lowest BCUT2D eigenvalue weighted by Crippen LogP contribution is -2.03. The molecule has 0 heterocycles. The van der Waals surface area contributed by atoms with Crippen LogP contribution in [-0.4, -0.2) is 23.6 Å². The first-order chi connectivity index (χ1) is 10.2. The molecule has 108 valence electrons. The SMILES string of the molecule is O=Cc1ccc([N+](=O)[O-])c(OCCSc2ccccc2)c1. The van der Waals surface area contributed by atoms with Crippen molar-refractivity contribution in [2.45, 2.75) is 4.90 Å². The first-order valence-electron chi connectivity index (χ1n) is 6.25. The predicted octanol–water partition coefficient (Wildman–Crippen LogP) is 3.58. The highest BCUT2D eigenvalue weighted by Gasteiger charge is 2.15. The predicted molar refractivity (Wildman–Crippen MR) is 81.1 cm³/mol. The maximum atomic E-state index is 10.9. The van der Waals surface area contributed by atoms with Crippen molar-refractivity contribution in [1.82, 2.24) is 0 Å². The third kappa shape index (κ3) is 4.32. The van der Waals surface area contributed by atoms with E-state index in [1.54, 1.807) is 11.8 Å². The fraction of sp³-hybridized carbons (Fsp3) is 0.133. The summed E-state index contributed by atoms with van der Waals surface area (Å²) in [4.78, 5) is 22.2. The van der Waals surface area contributed by atoms with Crippen molar-refractivity contribution >= 4 is 23.7 Å². The fourth-order valence-electron chi connectivity index (χ4n) is 1.70. The minimum atomic E-state index is -0.520. The van der Waals surface area contributed by atoms with Gasteiger partial charge in [0, 0.05) is 22.3 Å². The highest BCUT2D eigenvalue weighted by Crippen LogP contribution is 2.28. The molecule has 0 amide bonds. The summed E-state index contributed by atoms with van der Waals surface area (Å²) in [5.74, 6) is 0.783. The summed E-state index contributed by atoms with van der Waals surface area (Å²) in [5.41, 5.74) is 0.219. The molecular weight excluding hydrogens is 290 g/mol. The summed E-state index contributed by atoms with van der Waals surface area (Å²) >= 11 is 1.60. The fourth-order valence-corrected chi connectivity index (χ4v) is 2.45. The standard InChI is InChI=1S/C15H13NO4S/c17-11-12-6-7-14(16(18)19)15(10-12)20-8-9-21-13-4-2-1-3-5-13/h1-7,10-11H,8-9H2. The van der Waals surface area contributed by atoms with Crippen molar-refractivity contribution in [1.29, 1.82) is 0 Å². The van der Waals surface area contributed by atoms with E-state index in [1.807, 2.05) is 30.3 Å². The van der Waals surface area contributed by atoms with Gasteiger partial charge in [-0.15, -0.1) is 11.8 Å². The summed E-state index contributed by atoms with van der Waals surface area (Å²) in [5, 5.41) is 10.9. The topological polar surface area (TPSA) is 69.4 Å². The highest BCUT2D eigenvalue weighted by atomic mass is 32.2. The number of ether oxygens (including phenoxy) is 1. The Labute approximate surface area is 126 Å². The number of rotatable bonds is 7. The van der Waals surface area contributed by atoms with Crippen LogP contribution in [0.5, 0.6) is 5.75 Å². The number of aldehydes is 1. The largest absolute Gasteiger partial charge is 0.486 e. The molecule has 0 aliphatic heterocycles. The summed E-state index contributed by atoms with van der Waals surface area (Å²) in [6, 6.07) is 13.9. The van der Waals surface area contributed by atoms with Gasteiger partial charge in [0.1, 0.15) is 6.29 Å². The van der Waals surface area contributed by atoms with Gasteiger partial charge in [-0.05, 0) is 24.3 Å². The van der Waals surface area contributed by atoms with Crippen LogP contribution >= 0.6 is 11.8 Å². The van der Waals surface area contributed by atoms with E-state index in [1.165, 1.54) is 18.2 Å². The van der Waals surface area contributed by atoms with E-state index in [0.717, 1.165) is 4.90 Å². The van der Waals surface area contributed by atoms with Crippen LogP contribution in [-0.2, 0) is 0 Å². The molecule has 0 N–H and O–H groups in total. The van der Waals surface area contributed by atoms with Gasteiger partial charge in [-0.1, -0.05) is 18.2 Å². The van der Waals surface area contributed by atoms with E-state index in [2.05, 4.69) is 0 Å². The van der Waals surface area contributed by atoms with Crippen molar-refractivity contribution in [2.75, 3.05) is 12.4 Å². The summed E-state index contributed by atoms with van der Waals surface area (Å²) in [6.07, 6.45) is 0.634. The van der Waals surface area contributed by atoms with Crippen molar-refractivity contribution in [3.8, 4) is 5.75 Å². The number of hydrogen-bond acceptors (Lipinski definition) is 5. The average Bonchev–Trinajstić information content (AvgIpc) is 2.52. The van der Waals surface area contributed by atoms with Gasteiger partial charge in [-0.2, -0.15) is 0 Å². The average molecular weight is 303 g/mol. The molecule has 6 heteroatoms. The Balaban J connectivity index is 1.95. The monoisotopic (exact) mass is 303 g/mol. The van der Waals surface area contributed by atoms with Crippen LogP contribution in [0.1, 0.15) is 10.4 Å². The molecule has 0 unspecified atom stereocenters. The molecule has 2 rings (SSSR count). The zero-order valence-electron chi connectivity index (χ0n) is 11.1. The molecule has 5 nitrogen and oxygen atoms in total. The Hall–Kier alpha value is -2.34. The van der Waals surface area contributed by atoms with Crippen LogP contribution in [0.2, 0.25) is 0 Å². The van der Waals surface area contributed by atoms with Gasteiger partial charge >= 0.3 is 5.69 Å². The number of nitrogens with zero attached hydrogens (tertiary/aromatic N) is 1. The molecule has 21 heavy (non-hydrogen) atoms. The van der Waals surface area contributed by atoms with Crippen LogP contribution in [0.25, 0.3) is 0 Å². The minimum Gasteiger partial charge on any atom is -0.486 e. The van der Waals surface area contributed by atoms with Crippen LogP contribution in [0, 0.1) is 10.1 Å². The van der Waals surface area contributed by atoms with Crippen molar-refractivity contribution in [2.24, 2.45) is 0 Å². The number of nitro groups is 1. The summed E-state index contributed by atoms with van der Waals surface area (Å²) in [6.45, 7) is 0.322. The molecule has 2 aromatic rings. The first kappa shape index (κ1) is 15.1. The maximum absolute atomic E-state index is 10.9. The van der Waals surface area contributed by atoms with E-state index < -0.39 is 4.92 Å². The van der Waals surface area contributed by atoms with Crippen LogP contribution in [0.4, 0.5) is 5.69 Å². The van der Waals surface area contributed by atoms with Crippen molar-refractivity contribution in [3.63, 3.8) is 0 Å². The summed E-state index contributed by atoms with van der Waals surface area (Å²) < 4.78 is 5.44. The van der Waals surface area contributed by atoms with Crippen LogP contribution < -0.4 is 4.74 Å². The second-order valence-corrected chi connectivity index (χ2v) is 5.28. The van der Waals surface area contributed by atoms with Gasteiger partial charge in [0.2, 0.25) is 0 Å². The van der Waals surface area contributed by atoms with Crippen LogP contribution in [0.3, 0.4) is 0 Å². The second kappa shape index (κ2) is 7.44. The number of thioether (sulfide) groups is 1. The van der Waals surface area contributed by atoms with Gasteiger partial charge in [-0.25, -0.2) is 0 Å². The second-order valence-electron chi connectivity index (χ2n) is 4.11. The molecule has 0 saturated heterocycles. The molecule has 0 radical (unpaired) electrons. The zero-order chi connectivity index (χ0) is 15.1. The Morgan fingerprint density at radius 2 is 1.95 bits per heavy atom. The molecule has 0 aliphatic carbocycles. The lowest BCUT2D eigenvalue weighted by atomic mass is 10.2. The molecule has 2 aromatic carbocycles. The zero-order valence-corrected chi connectivity index (χ0v) is 11.9. The molecule has 0 aliphatic rings. The highest BCUT2D eigenvalue weighted by molar-refractivity contribution is 7.99. The first-order valence-corrected chi connectivity index (χ1v) is 7.23. The smallest absolute Gasteiger partial charge is 0.310 e. The number of hydrogen-bond donors (Lipinski definition) is 0. The normalized spacial score (nSPS) is 10.1. The molecule has 0 fully saturated rings.